The molecule has 3 aliphatic rings. The van der Waals surface area contributed by atoms with E-state index in [1.165, 1.54) is 12.5 Å². The van der Waals surface area contributed by atoms with E-state index in [1.807, 2.05) is 0 Å². The lowest BCUT2D eigenvalue weighted by Gasteiger charge is -2.39. The van der Waals surface area contributed by atoms with Gasteiger partial charge >= 0.3 is 6.18 Å². The van der Waals surface area contributed by atoms with E-state index >= 15 is 0 Å². The standard InChI is InChI=1S/C29H36F3NO2.C6H14.CH4S/c1-4-9-20(29(30,31)32)14-8-15-22(34)26-24(18-10-5-6-11-18)25-21(16-28(2,3)17-23(25)35)33-27(26)19-12-7-13-19;1-5-6(2,3)4;1-2/h4,8-10,14,19,22-23,34-35H,1,5-7,11-13,15-17H2,2-3H3;5H2,1-4H3;2H,1H3/b14-8-,20-9+;;. The van der Waals surface area contributed by atoms with Gasteiger partial charge in [-0.05, 0) is 79.6 Å². The van der Waals surface area contributed by atoms with Crippen LogP contribution >= 0.6 is 12.6 Å². The maximum atomic E-state index is 13.3. The molecule has 242 valence electrons. The molecule has 0 aliphatic heterocycles. The van der Waals surface area contributed by atoms with E-state index in [1.54, 1.807) is 6.26 Å². The first kappa shape index (κ1) is 37.4. The molecule has 0 spiro atoms. The quantitative estimate of drug-likeness (QED) is 0.210. The van der Waals surface area contributed by atoms with Gasteiger partial charge in [-0.1, -0.05) is 91.3 Å². The molecule has 1 saturated carbocycles. The molecule has 4 rings (SSSR count). The number of aliphatic hydroxyl groups excluding tert-OH is 2. The van der Waals surface area contributed by atoms with Crippen molar-refractivity contribution in [2.45, 2.75) is 130 Å². The van der Waals surface area contributed by atoms with Gasteiger partial charge in [-0.2, -0.15) is 25.8 Å². The number of aliphatic hydroxyl groups is 2. The van der Waals surface area contributed by atoms with Gasteiger partial charge in [0.25, 0.3) is 0 Å². The third-order valence-corrected chi connectivity index (χ3v) is 8.64. The first-order chi connectivity index (χ1) is 20.1. The average molecular weight is 622 g/mol. The van der Waals surface area contributed by atoms with Gasteiger partial charge in [0.1, 0.15) is 0 Å². The third kappa shape index (κ3) is 10.4. The van der Waals surface area contributed by atoms with E-state index in [9.17, 15) is 23.4 Å². The third-order valence-electron chi connectivity index (χ3n) is 8.64. The molecule has 3 aliphatic carbocycles. The van der Waals surface area contributed by atoms with Crippen LogP contribution in [0.15, 0.2) is 42.5 Å². The number of pyridine rings is 1. The van der Waals surface area contributed by atoms with Crippen molar-refractivity contribution in [3.63, 3.8) is 0 Å². The lowest BCUT2D eigenvalue weighted by atomic mass is 9.70. The number of allylic oxidation sites excluding steroid dienone is 6. The summed E-state index contributed by atoms with van der Waals surface area (Å²) in [5, 5.41) is 22.7. The molecule has 1 fully saturated rings. The van der Waals surface area contributed by atoms with E-state index in [0.29, 0.717) is 17.4 Å². The molecule has 1 aromatic rings. The molecular weight excluding hydrogens is 567 g/mol. The molecule has 43 heavy (non-hydrogen) atoms. The van der Waals surface area contributed by atoms with Crippen molar-refractivity contribution in [1.82, 2.24) is 4.98 Å². The number of fused-ring (bicyclic) bond motifs is 1. The lowest BCUT2D eigenvalue weighted by molar-refractivity contribution is -0.0882. The van der Waals surface area contributed by atoms with Crippen LogP contribution in [0.1, 0.15) is 146 Å². The topological polar surface area (TPSA) is 53.4 Å². The second-order valence-electron chi connectivity index (χ2n) is 13.9. The minimum atomic E-state index is -4.49. The van der Waals surface area contributed by atoms with Gasteiger partial charge in [0.15, 0.2) is 0 Å². The van der Waals surface area contributed by atoms with Crippen LogP contribution in [0.25, 0.3) is 5.57 Å². The fourth-order valence-electron chi connectivity index (χ4n) is 5.72. The summed E-state index contributed by atoms with van der Waals surface area (Å²) in [5.74, 6) is 0.239. The van der Waals surface area contributed by atoms with Crippen molar-refractivity contribution in [2.75, 3.05) is 6.26 Å². The molecule has 0 radical (unpaired) electrons. The van der Waals surface area contributed by atoms with Crippen LogP contribution in [0.4, 0.5) is 13.2 Å². The Hall–Kier alpha value is -1.83. The molecule has 0 aromatic carbocycles. The monoisotopic (exact) mass is 621 g/mol. The Balaban J connectivity index is 0.000000720. The van der Waals surface area contributed by atoms with Crippen LogP contribution in [0.2, 0.25) is 0 Å². The Bertz CT molecular complexity index is 1170. The number of thiol groups is 1. The molecule has 0 bridgehead atoms. The van der Waals surface area contributed by atoms with Crippen molar-refractivity contribution < 1.29 is 23.4 Å². The number of hydrogen-bond donors (Lipinski definition) is 3. The molecule has 2 unspecified atom stereocenters. The van der Waals surface area contributed by atoms with E-state index in [0.717, 1.165) is 91.3 Å². The van der Waals surface area contributed by atoms with Crippen molar-refractivity contribution >= 4 is 18.2 Å². The molecule has 1 aromatic heterocycles. The molecule has 2 atom stereocenters. The summed E-state index contributed by atoms with van der Waals surface area (Å²) in [5.41, 5.74) is 5.02. The van der Waals surface area contributed by atoms with Gasteiger partial charge in [-0.15, -0.1) is 0 Å². The van der Waals surface area contributed by atoms with Crippen molar-refractivity contribution in [1.29, 1.82) is 0 Å². The Morgan fingerprint density at radius 1 is 1.19 bits per heavy atom. The van der Waals surface area contributed by atoms with Crippen LogP contribution in [0.3, 0.4) is 0 Å². The van der Waals surface area contributed by atoms with Crippen molar-refractivity contribution in [3.05, 3.63) is 70.6 Å². The van der Waals surface area contributed by atoms with E-state index in [-0.39, 0.29) is 17.8 Å². The smallest absolute Gasteiger partial charge is 0.388 e. The van der Waals surface area contributed by atoms with E-state index < -0.39 is 24.0 Å². The molecule has 3 nitrogen and oxygen atoms in total. The number of halogens is 3. The molecule has 7 heteroatoms. The lowest BCUT2D eigenvalue weighted by Crippen LogP contribution is -2.30. The minimum Gasteiger partial charge on any atom is -0.388 e. The summed E-state index contributed by atoms with van der Waals surface area (Å²) in [4.78, 5) is 5.07. The predicted molar refractivity (Wildman–Crippen MR) is 177 cm³/mol. The zero-order chi connectivity index (χ0) is 32.6. The number of alkyl halides is 3. The SMILES string of the molecule is C=C/C=C(\C=C/CC(O)c1c(C2CCC2)nc2c(c1C1=CCCC1)C(O)CC(C)(C)C2)C(F)(F)F.CCC(C)(C)C.CS. The second-order valence-corrected chi connectivity index (χ2v) is 13.9. The molecule has 0 saturated heterocycles. The van der Waals surface area contributed by atoms with Gasteiger partial charge in [0, 0.05) is 22.7 Å². The van der Waals surface area contributed by atoms with Gasteiger partial charge in [0.2, 0.25) is 0 Å². The van der Waals surface area contributed by atoms with Crippen LogP contribution in [0.5, 0.6) is 0 Å². The first-order valence-corrected chi connectivity index (χ1v) is 16.6. The summed E-state index contributed by atoms with van der Waals surface area (Å²) in [6.45, 7) is 16.6. The Kier molecular flexibility index (Phi) is 13.9. The molecule has 2 N–H and O–H groups in total. The maximum Gasteiger partial charge on any atom is 0.416 e. The second kappa shape index (κ2) is 15.9. The van der Waals surface area contributed by atoms with Gasteiger partial charge in [-0.3, -0.25) is 4.98 Å². The van der Waals surface area contributed by atoms with E-state index in [2.05, 4.69) is 66.8 Å². The van der Waals surface area contributed by atoms with Crippen LogP contribution < -0.4 is 0 Å². The van der Waals surface area contributed by atoms with Gasteiger partial charge < -0.3 is 10.2 Å². The van der Waals surface area contributed by atoms with Crippen LogP contribution in [-0.4, -0.2) is 27.6 Å². The molecule has 1 heterocycles. The summed E-state index contributed by atoms with van der Waals surface area (Å²) in [7, 11) is 0. The zero-order valence-corrected chi connectivity index (χ0v) is 28.2. The maximum absolute atomic E-state index is 13.3. The van der Waals surface area contributed by atoms with Crippen molar-refractivity contribution in [3.8, 4) is 0 Å². The highest BCUT2D eigenvalue weighted by Gasteiger charge is 2.39. The fourth-order valence-corrected chi connectivity index (χ4v) is 5.72. The number of rotatable bonds is 7. The highest BCUT2D eigenvalue weighted by Crippen LogP contribution is 2.50. The minimum absolute atomic E-state index is 0.0343. The number of aromatic nitrogens is 1. The number of hydrogen-bond acceptors (Lipinski definition) is 4. The summed E-state index contributed by atoms with van der Waals surface area (Å²) >= 11 is 3.53. The summed E-state index contributed by atoms with van der Waals surface area (Å²) in [6, 6.07) is 0. The molecular formula is C36H54F3NO2S. The number of nitrogens with zero attached hydrogens (tertiary/aromatic N) is 1. The van der Waals surface area contributed by atoms with Crippen LogP contribution in [0, 0.1) is 10.8 Å². The van der Waals surface area contributed by atoms with Gasteiger partial charge in [-0.25, -0.2) is 0 Å². The highest BCUT2D eigenvalue weighted by molar-refractivity contribution is 7.79. The predicted octanol–water partition coefficient (Wildman–Crippen LogP) is 10.6. The van der Waals surface area contributed by atoms with Crippen molar-refractivity contribution in [2.24, 2.45) is 10.8 Å². The fraction of sp³-hybridized carbons (Fsp3) is 0.639. The van der Waals surface area contributed by atoms with Gasteiger partial charge in [0.05, 0.1) is 23.5 Å². The van der Waals surface area contributed by atoms with Crippen LogP contribution in [-0.2, 0) is 6.42 Å². The summed E-state index contributed by atoms with van der Waals surface area (Å²) < 4.78 is 39.8. The summed E-state index contributed by atoms with van der Waals surface area (Å²) in [6.07, 6.45) is 10.7. The average Bonchev–Trinajstić information content (AvgIpc) is 3.41. The highest BCUT2D eigenvalue weighted by atomic mass is 32.1. The Morgan fingerprint density at radius 3 is 2.28 bits per heavy atom. The largest absolute Gasteiger partial charge is 0.416 e. The first-order valence-electron chi connectivity index (χ1n) is 15.7. The Labute approximate surface area is 263 Å². The van der Waals surface area contributed by atoms with E-state index in [4.69, 9.17) is 4.98 Å². The normalized spacial score (nSPS) is 21.1. The zero-order valence-electron chi connectivity index (χ0n) is 27.3. The Morgan fingerprint density at radius 2 is 1.81 bits per heavy atom. The molecule has 0 amide bonds.